The van der Waals surface area contributed by atoms with Crippen LogP contribution in [0.15, 0.2) is 46.0 Å². The van der Waals surface area contributed by atoms with Gasteiger partial charge in [-0.2, -0.15) is 0 Å². The zero-order valence-corrected chi connectivity index (χ0v) is 15.5. The first-order valence-electron chi connectivity index (χ1n) is 8.24. The maximum absolute atomic E-state index is 12.6. The van der Waals surface area contributed by atoms with E-state index in [1.165, 1.54) is 0 Å². The van der Waals surface area contributed by atoms with Gasteiger partial charge in [-0.15, -0.1) is 11.3 Å². The Morgan fingerprint density at radius 3 is 2.69 bits per heavy atom. The van der Waals surface area contributed by atoms with Gasteiger partial charge in [-0.25, -0.2) is 13.4 Å². The number of benzene rings is 1. The average Bonchev–Trinajstić information content (AvgIpc) is 3.33. The Balaban J connectivity index is 1.67. The molecular formula is C17H17N4O3S2-. The molecule has 1 aliphatic heterocycles. The van der Waals surface area contributed by atoms with E-state index >= 15 is 0 Å². The second-order valence-corrected chi connectivity index (χ2v) is 8.75. The van der Waals surface area contributed by atoms with E-state index in [0.717, 1.165) is 30.8 Å². The van der Waals surface area contributed by atoms with E-state index in [2.05, 4.69) is 20.0 Å². The molecule has 136 valence electrons. The van der Waals surface area contributed by atoms with Crippen molar-refractivity contribution in [1.82, 2.24) is 9.97 Å². The monoisotopic (exact) mass is 389 g/mol. The van der Waals surface area contributed by atoms with E-state index in [0.29, 0.717) is 17.6 Å². The number of ether oxygens (including phenoxy) is 1. The summed E-state index contributed by atoms with van der Waals surface area (Å²) in [5, 5.41) is 6.19. The van der Waals surface area contributed by atoms with E-state index in [9.17, 15) is 8.42 Å². The molecule has 0 aliphatic carbocycles. The molecule has 2 aromatic heterocycles. The highest BCUT2D eigenvalue weighted by Crippen LogP contribution is 2.31. The van der Waals surface area contributed by atoms with Crippen molar-refractivity contribution in [2.24, 2.45) is 0 Å². The summed E-state index contributed by atoms with van der Waals surface area (Å²) < 4.78 is 33.5. The number of thiophene rings is 1. The smallest absolute Gasteiger partial charge is 0.272 e. The summed E-state index contributed by atoms with van der Waals surface area (Å²) in [6, 6.07) is 10.5. The second kappa shape index (κ2) is 7.18. The zero-order chi connectivity index (χ0) is 18.0. The fraction of sp³-hybridized carbons (Fsp3) is 0.294. The van der Waals surface area contributed by atoms with Gasteiger partial charge in [0, 0.05) is 6.61 Å². The molecule has 7 nitrogen and oxygen atoms in total. The molecule has 1 N–H and O–H groups in total. The number of nitrogens with one attached hydrogen (secondary N) is 1. The summed E-state index contributed by atoms with van der Waals surface area (Å²) in [7, 11) is -3.72. The molecule has 0 radical (unpaired) electrons. The van der Waals surface area contributed by atoms with Crippen LogP contribution in [0.1, 0.15) is 12.8 Å². The Hall–Kier alpha value is -2.23. The number of anilines is 1. The lowest BCUT2D eigenvalue weighted by Crippen LogP contribution is -2.14. The molecule has 26 heavy (non-hydrogen) atoms. The van der Waals surface area contributed by atoms with Crippen LogP contribution >= 0.6 is 11.3 Å². The van der Waals surface area contributed by atoms with Crippen LogP contribution in [0.5, 0.6) is 0 Å². The molecule has 4 rings (SSSR count). The van der Waals surface area contributed by atoms with Gasteiger partial charge in [-0.1, -0.05) is 24.3 Å². The topological polar surface area (TPSA) is 95.3 Å². The molecule has 9 heteroatoms. The minimum absolute atomic E-state index is 0.0463. The second-order valence-electron chi connectivity index (χ2n) is 5.90. The number of sulfonamides is 1. The van der Waals surface area contributed by atoms with Crippen molar-refractivity contribution in [1.29, 1.82) is 0 Å². The molecule has 1 aliphatic rings. The normalized spacial score (nSPS) is 17.5. The van der Waals surface area contributed by atoms with Crippen molar-refractivity contribution < 1.29 is 13.2 Å². The molecule has 1 atom stereocenters. The van der Waals surface area contributed by atoms with Crippen molar-refractivity contribution >= 4 is 44.0 Å². The molecule has 3 aromatic rings. The van der Waals surface area contributed by atoms with Crippen molar-refractivity contribution in [2.45, 2.75) is 23.2 Å². The van der Waals surface area contributed by atoms with Gasteiger partial charge in [0.25, 0.3) is 10.0 Å². The number of rotatable bonds is 6. The van der Waals surface area contributed by atoms with E-state index < -0.39 is 10.0 Å². The average molecular weight is 389 g/mol. The predicted molar refractivity (Wildman–Crippen MR) is 102 cm³/mol. The number of nitrogens with zero attached hydrogens (tertiary/aromatic N) is 3. The fourth-order valence-corrected chi connectivity index (χ4v) is 4.74. The summed E-state index contributed by atoms with van der Waals surface area (Å²) in [6.07, 6.45) is 2.01. The summed E-state index contributed by atoms with van der Waals surface area (Å²) >= 11 is 1.14. The Morgan fingerprint density at radius 1 is 1.19 bits per heavy atom. The largest absolute Gasteiger partial charge is 0.460 e. The molecule has 3 heterocycles. The summed E-state index contributed by atoms with van der Waals surface area (Å²) in [5.41, 5.74) is 1.27. The fourth-order valence-electron chi connectivity index (χ4n) is 2.74. The number of hydrogen-bond donors (Lipinski definition) is 1. The molecule has 0 bridgehead atoms. The lowest BCUT2D eigenvalue weighted by molar-refractivity contribution is 0.122. The lowest BCUT2D eigenvalue weighted by Gasteiger charge is -2.22. The Bertz CT molecular complexity index is 1000. The lowest BCUT2D eigenvalue weighted by atomic mass is 10.2. The first kappa shape index (κ1) is 17.2. The van der Waals surface area contributed by atoms with Gasteiger partial charge in [0.15, 0.2) is 0 Å². The van der Waals surface area contributed by atoms with Crippen molar-refractivity contribution in [2.75, 3.05) is 17.9 Å². The third kappa shape index (κ3) is 3.64. The minimum atomic E-state index is -3.72. The maximum atomic E-state index is 12.6. The van der Waals surface area contributed by atoms with Crippen molar-refractivity contribution in [3.05, 3.63) is 47.1 Å². The zero-order valence-electron chi connectivity index (χ0n) is 13.8. The van der Waals surface area contributed by atoms with Gasteiger partial charge in [0.1, 0.15) is 10.0 Å². The third-order valence-corrected chi connectivity index (χ3v) is 6.75. The van der Waals surface area contributed by atoms with Crippen molar-refractivity contribution in [3.8, 4) is 0 Å². The maximum Gasteiger partial charge on any atom is 0.272 e. The van der Waals surface area contributed by atoms with Crippen LogP contribution in [-0.4, -0.2) is 37.6 Å². The molecule has 1 aromatic carbocycles. The standard InChI is InChI=1S/C17H17N4O3S2/c22-26(23,15-8-4-10-25-15)21-17-16(18-11-12-5-3-9-24-12)19-13-6-1-2-7-14(13)20-17/h1-2,4,6-8,10,12H,3,5,9,11H2,(H-,18,19,20,21)/q-1/t12-/m0/s1. The number of para-hydroxylation sites is 2. The van der Waals surface area contributed by atoms with E-state index in [1.807, 2.05) is 18.2 Å². The highest BCUT2D eigenvalue weighted by molar-refractivity contribution is 7.94. The third-order valence-electron chi connectivity index (χ3n) is 4.01. The number of hydrogen-bond acceptors (Lipinski definition) is 6. The van der Waals surface area contributed by atoms with Crippen LogP contribution < -0.4 is 4.72 Å². The Morgan fingerprint density at radius 2 is 2.00 bits per heavy atom. The van der Waals surface area contributed by atoms with E-state index in [4.69, 9.17) is 4.74 Å². The SMILES string of the molecule is O=S(=O)(Nc1nc2ccccc2nc1[N-]C[C@@H]1CCCO1)c1cccs1. The van der Waals surface area contributed by atoms with E-state index in [1.54, 1.807) is 23.6 Å². The first-order valence-corrected chi connectivity index (χ1v) is 10.6. The van der Waals surface area contributed by atoms with Gasteiger partial charge in [0.05, 0.1) is 11.6 Å². The molecular weight excluding hydrogens is 372 g/mol. The van der Waals surface area contributed by atoms with Crippen LogP contribution in [0.25, 0.3) is 16.4 Å². The molecule has 0 spiro atoms. The molecule has 0 amide bonds. The number of aromatic nitrogens is 2. The van der Waals surface area contributed by atoms with E-state index in [-0.39, 0.29) is 21.9 Å². The van der Waals surface area contributed by atoms with Gasteiger partial charge < -0.3 is 15.0 Å². The summed E-state index contributed by atoms with van der Waals surface area (Å²) in [4.78, 5) is 8.93. The quantitative estimate of drug-likeness (QED) is 0.694. The Labute approximate surface area is 155 Å². The van der Waals surface area contributed by atoms with Crippen LogP contribution in [-0.2, 0) is 14.8 Å². The van der Waals surface area contributed by atoms with Gasteiger partial charge in [-0.3, -0.25) is 4.72 Å². The summed E-state index contributed by atoms with van der Waals surface area (Å²) in [5.74, 6) is 0.412. The van der Waals surface area contributed by atoms with Gasteiger partial charge in [0.2, 0.25) is 0 Å². The molecule has 0 saturated carbocycles. The predicted octanol–water partition coefficient (Wildman–Crippen LogP) is 3.68. The summed E-state index contributed by atoms with van der Waals surface area (Å²) in [6.45, 7) is 1.17. The molecule has 1 fully saturated rings. The van der Waals surface area contributed by atoms with Crippen LogP contribution in [0.2, 0.25) is 0 Å². The minimum Gasteiger partial charge on any atom is -0.460 e. The highest BCUT2D eigenvalue weighted by Gasteiger charge is 2.18. The number of fused-ring (bicyclic) bond motifs is 1. The van der Waals surface area contributed by atoms with Gasteiger partial charge >= 0.3 is 0 Å². The first-order chi connectivity index (χ1) is 12.6. The van der Waals surface area contributed by atoms with Crippen molar-refractivity contribution in [3.63, 3.8) is 0 Å². The highest BCUT2D eigenvalue weighted by atomic mass is 32.2. The molecule has 0 unspecified atom stereocenters. The van der Waals surface area contributed by atoms with Gasteiger partial charge in [-0.05, 0) is 48.2 Å². The molecule has 1 saturated heterocycles. The van der Waals surface area contributed by atoms with Crippen LogP contribution in [0.4, 0.5) is 11.6 Å². The Kier molecular flexibility index (Phi) is 4.75. The van der Waals surface area contributed by atoms with Crippen LogP contribution in [0, 0.1) is 0 Å². The van der Waals surface area contributed by atoms with Crippen LogP contribution in [0.3, 0.4) is 0 Å².